The van der Waals surface area contributed by atoms with Gasteiger partial charge < -0.3 is 19.7 Å². The van der Waals surface area contributed by atoms with E-state index in [1.807, 2.05) is 50.5 Å². The largest absolute Gasteiger partial charge is 0.497 e. The number of hydrogen-bond acceptors (Lipinski definition) is 4. The van der Waals surface area contributed by atoms with Crippen LogP contribution in [0.5, 0.6) is 11.5 Å². The van der Waals surface area contributed by atoms with Gasteiger partial charge >= 0.3 is 0 Å². The van der Waals surface area contributed by atoms with Gasteiger partial charge in [-0.25, -0.2) is 0 Å². The number of amides is 1. The molecule has 0 aromatic heterocycles. The SMILES string of the molecule is CCCOc1cccc(C(=O)NCC(c2ccc(OC)cc2)N(C)C)c1. The molecule has 0 saturated carbocycles. The van der Waals surface area contributed by atoms with E-state index < -0.39 is 0 Å². The molecule has 1 atom stereocenters. The zero-order valence-electron chi connectivity index (χ0n) is 16.0. The van der Waals surface area contributed by atoms with Gasteiger partial charge in [0.05, 0.1) is 19.8 Å². The van der Waals surface area contributed by atoms with E-state index in [0.29, 0.717) is 18.7 Å². The summed E-state index contributed by atoms with van der Waals surface area (Å²) in [6.45, 7) is 3.21. The second-order valence-electron chi connectivity index (χ2n) is 6.34. The minimum atomic E-state index is -0.104. The van der Waals surface area contributed by atoms with Gasteiger partial charge in [-0.1, -0.05) is 25.1 Å². The molecule has 1 N–H and O–H groups in total. The van der Waals surface area contributed by atoms with Crippen molar-refractivity contribution >= 4 is 5.91 Å². The molecule has 5 heteroatoms. The number of nitrogens with zero attached hydrogens (tertiary/aromatic N) is 1. The first-order chi connectivity index (χ1) is 12.5. The molecule has 0 fully saturated rings. The molecule has 1 unspecified atom stereocenters. The summed E-state index contributed by atoms with van der Waals surface area (Å²) in [4.78, 5) is 14.6. The Morgan fingerprint density at radius 2 is 1.85 bits per heavy atom. The molecule has 5 nitrogen and oxygen atoms in total. The van der Waals surface area contributed by atoms with E-state index in [0.717, 1.165) is 23.5 Å². The lowest BCUT2D eigenvalue weighted by atomic mass is 10.1. The van der Waals surface area contributed by atoms with Crippen molar-refractivity contribution in [2.75, 3.05) is 34.4 Å². The van der Waals surface area contributed by atoms with Gasteiger partial charge in [0.25, 0.3) is 5.91 Å². The number of ether oxygens (including phenoxy) is 2. The van der Waals surface area contributed by atoms with Crippen LogP contribution in [0.15, 0.2) is 48.5 Å². The van der Waals surface area contributed by atoms with Crippen LogP contribution >= 0.6 is 0 Å². The topological polar surface area (TPSA) is 50.8 Å². The van der Waals surface area contributed by atoms with Gasteiger partial charge in [-0.15, -0.1) is 0 Å². The van der Waals surface area contributed by atoms with E-state index in [9.17, 15) is 4.79 Å². The van der Waals surface area contributed by atoms with Crippen LogP contribution in [0.2, 0.25) is 0 Å². The van der Waals surface area contributed by atoms with Crippen LogP contribution in [-0.4, -0.2) is 45.2 Å². The van der Waals surface area contributed by atoms with Gasteiger partial charge in [-0.2, -0.15) is 0 Å². The van der Waals surface area contributed by atoms with Crippen LogP contribution < -0.4 is 14.8 Å². The number of benzene rings is 2. The summed E-state index contributed by atoms with van der Waals surface area (Å²) in [5.74, 6) is 1.44. The minimum Gasteiger partial charge on any atom is -0.497 e. The summed E-state index contributed by atoms with van der Waals surface area (Å²) in [6.07, 6.45) is 0.933. The Morgan fingerprint density at radius 3 is 2.46 bits per heavy atom. The van der Waals surface area contributed by atoms with Gasteiger partial charge in [0.2, 0.25) is 0 Å². The number of hydrogen-bond donors (Lipinski definition) is 1. The third-order valence-corrected chi connectivity index (χ3v) is 4.15. The van der Waals surface area contributed by atoms with Gasteiger partial charge in [-0.3, -0.25) is 4.79 Å². The first-order valence-corrected chi connectivity index (χ1v) is 8.86. The van der Waals surface area contributed by atoms with Crippen LogP contribution in [0, 0.1) is 0 Å². The van der Waals surface area contributed by atoms with Crippen molar-refractivity contribution in [2.45, 2.75) is 19.4 Å². The van der Waals surface area contributed by atoms with Crippen molar-refractivity contribution in [2.24, 2.45) is 0 Å². The van der Waals surface area contributed by atoms with E-state index in [1.165, 1.54) is 0 Å². The zero-order valence-corrected chi connectivity index (χ0v) is 16.0. The molecular weight excluding hydrogens is 328 g/mol. The van der Waals surface area contributed by atoms with Crippen LogP contribution in [-0.2, 0) is 0 Å². The molecule has 0 saturated heterocycles. The van der Waals surface area contributed by atoms with E-state index >= 15 is 0 Å². The average molecular weight is 356 g/mol. The molecule has 2 aromatic rings. The lowest BCUT2D eigenvalue weighted by molar-refractivity contribution is 0.0941. The normalized spacial score (nSPS) is 11.9. The van der Waals surface area contributed by atoms with Crippen molar-refractivity contribution in [3.8, 4) is 11.5 Å². The third kappa shape index (κ3) is 5.49. The summed E-state index contributed by atoms with van der Waals surface area (Å²) in [5, 5.41) is 3.02. The molecular formula is C21H28N2O3. The van der Waals surface area contributed by atoms with Crippen LogP contribution in [0.1, 0.15) is 35.3 Å². The first-order valence-electron chi connectivity index (χ1n) is 8.86. The predicted octanol–water partition coefficient (Wildman–Crippen LogP) is 3.52. The lowest BCUT2D eigenvalue weighted by Crippen LogP contribution is -2.34. The molecule has 0 aliphatic rings. The Balaban J connectivity index is 2.02. The number of likely N-dealkylation sites (N-methyl/N-ethyl adjacent to an activating group) is 1. The van der Waals surface area contributed by atoms with Crippen molar-refractivity contribution in [1.82, 2.24) is 10.2 Å². The smallest absolute Gasteiger partial charge is 0.251 e. The predicted molar refractivity (Wildman–Crippen MR) is 104 cm³/mol. The van der Waals surface area contributed by atoms with Crippen molar-refractivity contribution in [3.05, 3.63) is 59.7 Å². The highest BCUT2D eigenvalue weighted by atomic mass is 16.5. The summed E-state index contributed by atoms with van der Waals surface area (Å²) in [7, 11) is 5.65. The van der Waals surface area contributed by atoms with E-state index in [1.54, 1.807) is 19.2 Å². The molecule has 26 heavy (non-hydrogen) atoms. The quantitative estimate of drug-likeness (QED) is 0.747. The van der Waals surface area contributed by atoms with E-state index in [4.69, 9.17) is 9.47 Å². The van der Waals surface area contributed by atoms with Crippen LogP contribution in [0.4, 0.5) is 0 Å². The Morgan fingerprint density at radius 1 is 1.12 bits per heavy atom. The highest BCUT2D eigenvalue weighted by Gasteiger charge is 2.16. The van der Waals surface area contributed by atoms with Gasteiger partial charge in [-0.05, 0) is 56.4 Å². The number of carbonyl (C=O) groups excluding carboxylic acids is 1. The molecule has 0 bridgehead atoms. The summed E-state index contributed by atoms with van der Waals surface area (Å²) in [6, 6.07) is 15.3. The van der Waals surface area contributed by atoms with Crippen molar-refractivity contribution in [3.63, 3.8) is 0 Å². The monoisotopic (exact) mass is 356 g/mol. The third-order valence-electron chi connectivity index (χ3n) is 4.15. The number of methoxy groups -OCH3 is 1. The highest BCUT2D eigenvalue weighted by Crippen LogP contribution is 2.21. The molecule has 1 amide bonds. The fourth-order valence-corrected chi connectivity index (χ4v) is 2.66. The lowest BCUT2D eigenvalue weighted by Gasteiger charge is -2.25. The maximum Gasteiger partial charge on any atom is 0.251 e. The Hall–Kier alpha value is -2.53. The maximum atomic E-state index is 12.5. The second-order valence-corrected chi connectivity index (χ2v) is 6.34. The van der Waals surface area contributed by atoms with Crippen molar-refractivity contribution in [1.29, 1.82) is 0 Å². The Labute approximate surface area is 155 Å². The van der Waals surface area contributed by atoms with Gasteiger partial charge in [0.1, 0.15) is 11.5 Å². The molecule has 2 aromatic carbocycles. The average Bonchev–Trinajstić information content (AvgIpc) is 2.66. The second kappa shape index (κ2) is 9.82. The molecule has 0 radical (unpaired) electrons. The first kappa shape index (κ1) is 19.8. The summed E-state index contributed by atoms with van der Waals surface area (Å²) < 4.78 is 10.8. The Kier molecular flexibility index (Phi) is 7.48. The molecule has 0 heterocycles. The standard InChI is InChI=1S/C21H28N2O3/c1-5-13-26-19-8-6-7-17(14-19)21(24)22-15-20(23(2)3)16-9-11-18(25-4)12-10-16/h6-12,14,20H,5,13,15H2,1-4H3,(H,22,24). The van der Waals surface area contributed by atoms with Crippen LogP contribution in [0.3, 0.4) is 0 Å². The molecule has 2 rings (SSSR count). The maximum absolute atomic E-state index is 12.5. The molecule has 0 aliphatic heterocycles. The summed E-state index contributed by atoms with van der Waals surface area (Å²) >= 11 is 0. The van der Waals surface area contributed by atoms with Crippen LogP contribution in [0.25, 0.3) is 0 Å². The number of carbonyl (C=O) groups is 1. The van der Waals surface area contributed by atoms with Crippen molar-refractivity contribution < 1.29 is 14.3 Å². The number of rotatable bonds is 9. The zero-order chi connectivity index (χ0) is 18.9. The van der Waals surface area contributed by atoms with E-state index in [2.05, 4.69) is 17.1 Å². The fraction of sp³-hybridized carbons (Fsp3) is 0.381. The van der Waals surface area contributed by atoms with Gasteiger partial charge in [0, 0.05) is 12.1 Å². The fourth-order valence-electron chi connectivity index (χ4n) is 2.66. The molecule has 0 aliphatic carbocycles. The molecule has 140 valence electrons. The summed E-state index contributed by atoms with van der Waals surface area (Å²) in [5.41, 5.74) is 1.72. The highest BCUT2D eigenvalue weighted by molar-refractivity contribution is 5.94. The van der Waals surface area contributed by atoms with Gasteiger partial charge in [0.15, 0.2) is 0 Å². The Bertz CT molecular complexity index is 699. The number of nitrogens with one attached hydrogen (secondary N) is 1. The molecule has 0 spiro atoms. The minimum absolute atomic E-state index is 0.0735. The van der Waals surface area contributed by atoms with E-state index in [-0.39, 0.29) is 11.9 Å².